The molecule has 116 valence electrons. The van der Waals surface area contributed by atoms with E-state index in [9.17, 15) is 5.11 Å². The zero-order valence-electron chi connectivity index (χ0n) is 13.7. The fourth-order valence-electron chi connectivity index (χ4n) is 2.51. The lowest BCUT2D eigenvalue weighted by molar-refractivity contribution is 0.446. The van der Waals surface area contributed by atoms with Crippen LogP contribution in [0.25, 0.3) is 0 Å². The van der Waals surface area contributed by atoms with Crippen LogP contribution in [0.2, 0.25) is 0 Å². The summed E-state index contributed by atoms with van der Waals surface area (Å²) in [7, 11) is 0. The number of phenolic OH excluding ortho intramolecular Hbond substituents is 1. The molecule has 0 radical (unpaired) electrons. The number of halogens is 1. The quantitative estimate of drug-likeness (QED) is 0.673. The molecular weight excluding hydrogens is 338 g/mol. The van der Waals surface area contributed by atoms with Crippen LogP contribution in [-0.2, 0) is 5.41 Å². The molecule has 0 unspecified atom stereocenters. The van der Waals surface area contributed by atoms with Crippen molar-refractivity contribution in [2.75, 3.05) is 0 Å². The first kappa shape index (κ1) is 16.8. The Morgan fingerprint density at radius 3 is 2.23 bits per heavy atom. The van der Waals surface area contributed by atoms with Gasteiger partial charge in [0, 0.05) is 16.3 Å². The molecule has 0 aromatic heterocycles. The highest BCUT2D eigenvalue weighted by Crippen LogP contribution is 2.33. The number of aryl methyl sites for hydroxylation is 2. The number of hydrogen-bond acceptors (Lipinski definition) is 2. The van der Waals surface area contributed by atoms with E-state index in [0.29, 0.717) is 5.75 Å². The molecule has 0 saturated carbocycles. The Labute approximate surface area is 141 Å². The molecule has 0 aliphatic heterocycles. The summed E-state index contributed by atoms with van der Waals surface area (Å²) in [4.78, 5) is 4.59. The number of hydrogen-bond donors (Lipinski definition) is 1. The monoisotopic (exact) mass is 359 g/mol. The Bertz CT molecular complexity index is 704. The minimum Gasteiger partial charge on any atom is -0.507 e. The summed E-state index contributed by atoms with van der Waals surface area (Å²) in [5.74, 6) is 0.311. The van der Waals surface area contributed by atoms with E-state index in [-0.39, 0.29) is 5.41 Å². The van der Waals surface area contributed by atoms with Crippen molar-refractivity contribution >= 4 is 27.8 Å². The summed E-state index contributed by atoms with van der Waals surface area (Å²) in [5.41, 5.74) is 4.74. The van der Waals surface area contributed by atoms with Gasteiger partial charge in [-0.25, -0.2) is 0 Å². The first-order valence-corrected chi connectivity index (χ1v) is 8.12. The molecule has 2 rings (SSSR count). The van der Waals surface area contributed by atoms with Crippen LogP contribution >= 0.6 is 15.9 Å². The smallest absolute Gasteiger partial charge is 0.128 e. The third kappa shape index (κ3) is 3.58. The van der Waals surface area contributed by atoms with Gasteiger partial charge < -0.3 is 5.11 Å². The molecule has 3 heteroatoms. The molecule has 0 aliphatic carbocycles. The third-order valence-corrected chi connectivity index (χ3v) is 4.12. The maximum Gasteiger partial charge on any atom is 0.128 e. The molecule has 0 bridgehead atoms. The highest BCUT2D eigenvalue weighted by atomic mass is 79.9. The van der Waals surface area contributed by atoms with Crippen molar-refractivity contribution in [3.05, 3.63) is 57.1 Å². The summed E-state index contributed by atoms with van der Waals surface area (Å²) in [6.07, 6.45) is 1.74. The largest absolute Gasteiger partial charge is 0.507 e. The fraction of sp³-hybridized carbons (Fsp3) is 0.316. The summed E-state index contributed by atoms with van der Waals surface area (Å²) in [6, 6.07) is 9.90. The molecule has 0 amide bonds. The minimum atomic E-state index is -0.0998. The molecule has 0 atom stereocenters. The Morgan fingerprint density at radius 1 is 1.09 bits per heavy atom. The van der Waals surface area contributed by atoms with Crippen molar-refractivity contribution in [3.8, 4) is 5.75 Å². The predicted octanol–water partition coefficient (Wildman–Crippen LogP) is 5.82. The SMILES string of the molecule is Cc1cc(Br)cc(C)c1N=Cc1cccc(C(C)(C)C)c1O. The van der Waals surface area contributed by atoms with Crippen LogP contribution in [-0.4, -0.2) is 11.3 Å². The maximum atomic E-state index is 10.5. The van der Waals surface area contributed by atoms with Gasteiger partial charge in [-0.05, 0) is 54.2 Å². The summed E-state index contributed by atoms with van der Waals surface area (Å²) >= 11 is 3.49. The van der Waals surface area contributed by atoms with E-state index in [0.717, 1.165) is 32.4 Å². The lowest BCUT2D eigenvalue weighted by atomic mass is 9.85. The molecule has 0 heterocycles. The van der Waals surface area contributed by atoms with Crippen LogP contribution in [0.5, 0.6) is 5.75 Å². The van der Waals surface area contributed by atoms with E-state index >= 15 is 0 Å². The standard InChI is InChI=1S/C19H22BrNO/c1-12-9-15(20)10-13(2)17(12)21-11-14-7-6-8-16(18(14)22)19(3,4)5/h6-11,22H,1-5H3. The van der Waals surface area contributed by atoms with Gasteiger partial charge in [-0.1, -0.05) is 48.8 Å². The van der Waals surface area contributed by atoms with Gasteiger partial charge in [0.15, 0.2) is 0 Å². The first-order valence-electron chi connectivity index (χ1n) is 7.33. The average Bonchev–Trinajstić information content (AvgIpc) is 2.37. The molecule has 0 spiro atoms. The van der Waals surface area contributed by atoms with E-state index in [1.54, 1.807) is 6.21 Å². The number of para-hydroxylation sites is 1. The van der Waals surface area contributed by atoms with Crippen LogP contribution in [0, 0.1) is 13.8 Å². The Morgan fingerprint density at radius 2 is 1.68 bits per heavy atom. The molecule has 22 heavy (non-hydrogen) atoms. The van der Waals surface area contributed by atoms with Crippen LogP contribution in [0.1, 0.15) is 43.0 Å². The zero-order chi connectivity index (χ0) is 16.5. The number of benzene rings is 2. The summed E-state index contributed by atoms with van der Waals surface area (Å²) < 4.78 is 1.05. The second-order valence-corrected chi connectivity index (χ2v) is 7.56. The number of nitrogens with zero attached hydrogens (tertiary/aromatic N) is 1. The number of rotatable bonds is 2. The molecule has 1 N–H and O–H groups in total. The number of phenols is 1. The highest BCUT2D eigenvalue weighted by Gasteiger charge is 2.19. The van der Waals surface area contributed by atoms with Crippen LogP contribution < -0.4 is 0 Å². The van der Waals surface area contributed by atoms with E-state index in [1.807, 2.05) is 44.2 Å². The van der Waals surface area contributed by atoms with Crippen molar-refractivity contribution in [2.45, 2.75) is 40.0 Å². The van der Waals surface area contributed by atoms with Crippen LogP contribution in [0.15, 0.2) is 39.8 Å². The third-order valence-electron chi connectivity index (χ3n) is 3.66. The van der Waals surface area contributed by atoms with Gasteiger partial charge in [-0.15, -0.1) is 0 Å². The molecule has 2 nitrogen and oxygen atoms in total. The van der Waals surface area contributed by atoms with Gasteiger partial charge in [-0.3, -0.25) is 4.99 Å². The fourth-order valence-corrected chi connectivity index (χ4v) is 3.20. The lowest BCUT2D eigenvalue weighted by Gasteiger charge is -2.21. The maximum absolute atomic E-state index is 10.5. The normalized spacial score (nSPS) is 12.1. The summed E-state index contributed by atoms with van der Waals surface area (Å²) in [5, 5.41) is 10.5. The zero-order valence-corrected chi connectivity index (χ0v) is 15.3. The van der Waals surface area contributed by atoms with Gasteiger partial charge in [-0.2, -0.15) is 0 Å². The Kier molecular flexibility index (Phi) is 4.76. The van der Waals surface area contributed by atoms with Gasteiger partial charge in [0.1, 0.15) is 5.75 Å². The van der Waals surface area contributed by atoms with Crippen LogP contribution in [0.3, 0.4) is 0 Å². The van der Waals surface area contributed by atoms with E-state index < -0.39 is 0 Å². The highest BCUT2D eigenvalue weighted by molar-refractivity contribution is 9.10. The van der Waals surface area contributed by atoms with Crippen molar-refractivity contribution in [2.24, 2.45) is 4.99 Å². The van der Waals surface area contributed by atoms with Gasteiger partial charge in [0.05, 0.1) is 5.69 Å². The molecule has 0 saturated heterocycles. The molecular formula is C19H22BrNO. The second-order valence-electron chi connectivity index (χ2n) is 6.64. The minimum absolute atomic E-state index is 0.0998. The molecule has 0 fully saturated rings. The molecule has 2 aromatic rings. The Hall–Kier alpha value is -1.61. The van der Waals surface area contributed by atoms with Crippen molar-refractivity contribution < 1.29 is 5.11 Å². The van der Waals surface area contributed by atoms with Crippen molar-refractivity contribution in [1.82, 2.24) is 0 Å². The van der Waals surface area contributed by atoms with Gasteiger partial charge >= 0.3 is 0 Å². The second kappa shape index (κ2) is 6.25. The van der Waals surface area contributed by atoms with Crippen molar-refractivity contribution in [3.63, 3.8) is 0 Å². The lowest BCUT2D eigenvalue weighted by Crippen LogP contribution is -2.11. The van der Waals surface area contributed by atoms with E-state index in [4.69, 9.17) is 0 Å². The van der Waals surface area contributed by atoms with Crippen molar-refractivity contribution in [1.29, 1.82) is 0 Å². The van der Waals surface area contributed by atoms with Gasteiger partial charge in [0.25, 0.3) is 0 Å². The predicted molar refractivity (Wildman–Crippen MR) is 97.7 cm³/mol. The topological polar surface area (TPSA) is 32.6 Å². The van der Waals surface area contributed by atoms with E-state index in [1.165, 1.54) is 0 Å². The molecule has 0 aliphatic rings. The molecule has 2 aromatic carbocycles. The van der Waals surface area contributed by atoms with Crippen LogP contribution in [0.4, 0.5) is 5.69 Å². The number of aromatic hydroxyl groups is 1. The van der Waals surface area contributed by atoms with E-state index in [2.05, 4.69) is 41.7 Å². The average molecular weight is 360 g/mol. The summed E-state index contributed by atoms with van der Waals surface area (Å²) in [6.45, 7) is 10.3. The van der Waals surface area contributed by atoms with Gasteiger partial charge in [0.2, 0.25) is 0 Å². The first-order chi connectivity index (χ1) is 10.2. The Balaban J connectivity index is 2.44. The number of aliphatic imine (C=N–C) groups is 1.